The first-order chi connectivity index (χ1) is 12.7. The summed E-state index contributed by atoms with van der Waals surface area (Å²) in [7, 11) is 1.79. The zero-order chi connectivity index (χ0) is 18.1. The Hall–Kier alpha value is -3.40. The minimum atomic E-state index is -0.0599. The summed E-state index contributed by atoms with van der Waals surface area (Å²) in [6.45, 7) is 1.80. The van der Waals surface area contributed by atoms with Crippen LogP contribution in [0.25, 0.3) is 11.3 Å². The highest BCUT2D eigenvalue weighted by Crippen LogP contribution is 2.21. The molecule has 0 aliphatic carbocycles. The monoisotopic (exact) mass is 346 g/mol. The first-order valence-electron chi connectivity index (χ1n) is 8.51. The predicted octanol–water partition coefficient (Wildman–Crippen LogP) is 2.20. The van der Waals surface area contributed by atoms with Crippen molar-refractivity contribution in [3.63, 3.8) is 0 Å². The summed E-state index contributed by atoms with van der Waals surface area (Å²) in [5.74, 6) is -0.0599. The van der Waals surface area contributed by atoms with E-state index >= 15 is 0 Å². The van der Waals surface area contributed by atoms with Crippen LogP contribution in [0.4, 0.5) is 0 Å². The number of aryl methyl sites for hydroxylation is 2. The highest BCUT2D eigenvalue weighted by Gasteiger charge is 2.24. The summed E-state index contributed by atoms with van der Waals surface area (Å²) in [5, 5.41) is 17.8. The fourth-order valence-electron chi connectivity index (χ4n) is 3.27. The van der Waals surface area contributed by atoms with Gasteiger partial charge >= 0.3 is 0 Å². The fraction of sp³-hybridized carbons (Fsp3) is 0.263. The standard InChI is InChI=1S/C19H18N6O/c1-23-18(11-17(22-23)14-6-3-2-4-7-14)19(26)24-8-5-9-25-16(13-24)10-15(12-20)21-25/h2-4,6-7,10-11H,5,8-9,13H2,1H3. The molecule has 7 nitrogen and oxygen atoms in total. The van der Waals surface area contributed by atoms with Crippen LogP contribution in [0.15, 0.2) is 42.5 Å². The molecule has 0 spiro atoms. The van der Waals surface area contributed by atoms with Crippen LogP contribution in [0.3, 0.4) is 0 Å². The van der Waals surface area contributed by atoms with Crippen molar-refractivity contribution in [1.29, 1.82) is 5.26 Å². The first kappa shape index (κ1) is 16.1. The number of benzene rings is 1. The Kier molecular flexibility index (Phi) is 4.01. The van der Waals surface area contributed by atoms with Crippen molar-refractivity contribution in [2.24, 2.45) is 7.05 Å². The SMILES string of the molecule is Cn1nc(-c2ccccc2)cc1C(=O)N1CCCn2nc(C#N)cc2C1. The van der Waals surface area contributed by atoms with Gasteiger partial charge in [-0.1, -0.05) is 30.3 Å². The number of hydrogen-bond acceptors (Lipinski definition) is 4. The van der Waals surface area contributed by atoms with E-state index in [9.17, 15) is 4.79 Å². The summed E-state index contributed by atoms with van der Waals surface area (Å²) in [5.41, 5.74) is 3.59. The van der Waals surface area contributed by atoms with E-state index in [0.29, 0.717) is 31.0 Å². The number of fused-ring (bicyclic) bond motifs is 1. The van der Waals surface area contributed by atoms with Gasteiger partial charge in [0.15, 0.2) is 5.69 Å². The van der Waals surface area contributed by atoms with Crippen LogP contribution in [-0.4, -0.2) is 36.9 Å². The second-order valence-electron chi connectivity index (χ2n) is 6.34. The summed E-state index contributed by atoms with van der Waals surface area (Å²) in [6, 6.07) is 15.5. The highest BCUT2D eigenvalue weighted by atomic mass is 16.2. The van der Waals surface area contributed by atoms with Crippen LogP contribution in [0.1, 0.15) is 28.3 Å². The summed E-state index contributed by atoms with van der Waals surface area (Å²) in [4.78, 5) is 14.9. The van der Waals surface area contributed by atoms with Gasteiger partial charge in [0.25, 0.3) is 5.91 Å². The topological polar surface area (TPSA) is 79.7 Å². The second-order valence-corrected chi connectivity index (χ2v) is 6.34. The van der Waals surface area contributed by atoms with Crippen LogP contribution in [0.5, 0.6) is 0 Å². The predicted molar refractivity (Wildman–Crippen MR) is 94.9 cm³/mol. The fourth-order valence-corrected chi connectivity index (χ4v) is 3.27. The lowest BCUT2D eigenvalue weighted by Crippen LogP contribution is -2.32. The maximum Gasteiger partial charge on any atom is 0.272 e. The molecule has 3 aromatic rings. The number of rotatable bonds is 2. The maximum absolute atomic E-state index is 13.1. The quantitative estimate of drug-likeness (QED) is 0.712. The molecule has 0 atom stereocenters. The number of carbonyl (C=O) groups is 1. The molecular weight excluding hydrogens is 328 g/mol. The van der Waals surface area contributed by atoms with Crippen LogP contribution < -0.4 is 0 Å². The molecule has 1 aromatic carbocycles. The Balaban J connectivity index is 1.61. The van der Waals surface area contributed by atoms with Crippen LogP contribution in [-0.2, 0) is 20.1 Å². The molecule has 0 unspecified atom stereocenters. The molecule has 0 saturated carbocycles. The van der Waals surface area contributed by atoms with E-state index in [2.05, 4.69) is 16.3 Å². The number of amides is 1. The van der Waals surface area contributed by atoms with Crippen molar-refractivity contribution in [2.45, 2.75) is 19.5 Å². The van der Waals surface area contributed by atoms with E-state index in [1.807, 2.05) is 41.1 Å². The number of aromatic nitrogens is 4. The Morgan fingerprint density at radius 2 is 1.96 bits per heavy atom. The third-order valence-electron chi connectivity index (χ3n) is 4.58. The summed E-state index contributed by atoms with van der Waals surface area (Å²) >= 11 is 0. The third kappa shape index (κ3) is 2.86. The molecule has 1 aliphatic rings. The minimum absolute atomic E-state index is 0.0599. The van der Waals surface area contributed by atoms with Gasteiger partial charge in [0.05, 0.1) is 17.9 Å². The molecule has 26 heavy (non-hydrogen) atoms. The van der Waals surface area contributed by atoms with Crippen LogP contribution in [0.2, 0.25) is 0 Å². The molecule has 0 radical (unpaired) electrons. The molecule has 0 saturated heterocycles. The zero-order valence-corrected chi connectivity index (χ0v) is 14.5. The van der Waals surface area contributed by atoms with Gasteiger partial charge in [-0.2, -0.15) is 15.5 Å². The average molecular weight is 346 g/mol. The summed E-state index contributed by atoms with van der Waals surface area (Å²) in [6.07, 6.45) is 0.800. The zero-order valence-electron chi connectivity index (χ0n) is 14.5. The molecule has 0 N–H and O–H groups in total. The normalized spacial score (nSPS) is 13.8. The Morgan fingerprint density at radius 1 is 1.15 bits per heavy atom. The smallest absolute Gasteiger partial charge is 0.272 e. The van der Waals surface area contributed by atoms with Gasteiger partial charge in [0, 0.05) is 25.7 Å². The lowest BCUT2D eigenvalue weighted by Gasteiger charge is -2.19. The minimum Gasteiger partial charge on any atom is -0.331 e. The summed E-state index contributed by atoms with van der Waals surface area (Å²) < 4.78 is 3.46. The van der Waals surface area contributed by atoms with Crippen molar-refractivity contribution >= 4 is 5.91 Å². The number of nitriles is 1. The van der Waals surface area contributed by atoms with Crippen LogP contribution in [0, 0.1) is 11.3 Å². The Labute approximate surface area is 151 Å². The van der Waals surface area contributed by atoms with E-state index in [0.717, 1.165) is 23.4 Å². The van der Waals surface area contributed by atoms with E-state index in [1.54, 1.807) is 22.7 Å². The highest BCUT2D eigenvalue weighted by molar-refractivity contribution is 5.93. The van der Waals surface area contributed by atoms with Crippen molar-refractivity contribution in [1.82, 2.24) is 24.5 Å². The molecule has 3 heterocycles. The van der Waals surface area contributed by atoms with Gasteiger partial charge in [0.2, 0.25) is 0 Å². The number of carbonyl (C=O) groups excluding carboxylic acids is 1. The maximum atomic E-state index is 13.1. The van der Waals surface area contributed by atoms with E-state index in [4.69, 9.17) is 5.26 Å². The van der Waals surface area contributed by atoms with Gasteiger partial charge < -0.3 is 4.90 Å². The Morgan fingerprint density at radius 3 is 2.73 bits per heavy atom. The largest absolute Gasteiger partial charge is 0.331 e. The van der Waals surface area contributed by atoms with E-state index in [-0.39, 0.29) is 5.91 Å². The molecule has 1 aliphatic heterocycles. The van der Waals surface area contributed by atoms with Gasteiger partial charge in [-0.3, -0.25) is 14.2 Å². The lowest BCUT2D eigenvalue weighted by molar-refractivity contribution is 0.0734. The third-order valence-corrected chi connectivity index (χ3v) is 4.58. The van der Waals surface area contributed by atoms with Gasteiger partial charge in [0.1, 0.15) is 11.8 Å². The second kappa shape index (κ2) is 6.48. The van der Waals surface area contributed by atoms with Crippen molar-refractivity contribution in [3.8, 4) is 17.3 Å². The van der Waals surface area contributed by atoms with E-state index in [1.165, 1.54) is 0 Å². The molecule has 1 amide bonds. The average Bonchev–Trinajstić information content (AvgIpc) is 3.19. The lowest BCUT2D eigenvalue weighted by atomic mass is 10.1. The molecular formula is C19H18N6O. The molecule has 0 fully saturated rings. The van der Waals surface area contributed by atoms with Crippen molar-refractivity contribution < 1.29 is 4.79 Å². The van der Waals surface area contributed by atoms with Crippen molar-refractivity contribution in [3.05, 3.63) is 59.5 Å². The first-order valence-corrected chi connectivity index (χ1v) is 8.51. The molecule has 2 aromatic heterocycles. The van der Waals surface area contributed by atoms with Crippen molar-refractivity contribution in [2.75, 3.05) is 6.54 Å². The molecule has 0 bridgehead atoms. The van der Waals surface area contributed by atoms with Gasteiger partial charge in [-0.05, 0) is 18.6 Å². The van der Waals surface area contributed by atoms with Gasteiger partial charge in [-0.15, -0.1) is 0 Å². The Bertz CT molecular complexity index is 995. The van der Waals surface area contributed by atoms with Gasteiger partial charge in [-0.25, -0.2) is 0 Å². The number of hydrogen-bond donors (Lipinski definition) is 0. The van der Waals surface area contributed by atoms with E-state index < -0.39 is 0 Å². The number of nitrogens with zero attached hydrogens (tertiary/aromatic N) is 6. The molecule has 4 rings (SSSR count). The molecule has 130 valence electrons. The van der Waals surface area contributed by atoms with Crippen LogP contribution >= 0.6 is 0 Å². The molecule has 7 heteroatoms.